The Bertz CT molecular complexity index is 537. The Balaban J connectivity index is 2.09. The number of β-amino-alcohol motifs (C(OH)–C–C–N with tert-alkyl or cyclic N) is 1. The van der Waals surface area contributed by atoms with Crippen molar-refractivity contribution in [1.82, 2.24) is 9.88 Å². The van der Waals surface area contributed by atoms with E-state index in [4.69, 9.17) is 0 Å². The van der Waals surface area contributed by atoms with E-state index in [1.165, 1.54) is 18.0 Å². The van der Waals surface area contributed by atoms with Gasteiger partial charge in [0.1, 0.15) is 0 Å². The van der Waals surface area contributed by atoms with E-state index in [-0.39, 0.29) is 12.5 Å². The molecule has 1 fully saturated rings. The van der Waals surface area contributed by atoms with Crippen LogP contribution in [0.2, 0.25) is 0 Å². The molecule has 2 N–H and O–H groups in total. The van der Waals surface area contributed by atoms with Crippen molar-refractivity contribution in [3.8, 4) is 0 Å². The van der Waals surface area contributed by atoms with Gasteiger partial charge in [-0.25, -0.2) is 0 Å². The van der Waals surface area contributed by atoms with Gasteiger partial charge in [-0.05, 0) is 34.8 Å². The highest BCUT2D eigenvalue weighted by Gasteiger charge is 2.41. The van der Waals surface area contributed by atoms with Crippen LogP contribution in [0.5, 0.6) is 0 Å². The molecule has 108 valence electrons. The molecule has 0 aromatic carbocycles. The second kappa shape index (κ2) is 5.88. The first-order valence-electron chi connectivity index (χ1n) is 6.31. The van der Waals surface area contributed by atoms with Crippen molar-refractivity contribution in [3.63, 3.8) is 0 Å². The minimum Gasteiger partial charge on any atom is -0.378 e. The number of nitrogens with one attached hydrogen (secondary N) is 1. The van der Waals surface area contributed by atoms with Gasteiger partial charge in [0.05, 0.1) is 18.4 Å². The van der Waals surface area contributed by atoms with Crippen LogP contribution in [0.3, 0.4) is 0 Å². The molecule has 0 saturated carbocycles. The Morgan fingerprint density at radius 2 is 2.25 bits per heavy atom. The van der Waals surface area contributed by atoms with Crippen molar-refractivity contribution in [2.75, 3.05) is 18.4 Å². The van der Waals surface area contributed by atoms with Crippen molar-refractivity contribution in [3.05, 3.63) is 22.9 Å². The van der Waals surface area contributed by atoms with Crippen molar-refractivity contribution >= 4 is 33.4 Å². The molecule has 6 nitrogen and oxygen atoms in total. The molecular weight excluding hydrogens is 326 g/mol. The van der Waals surface area contributed by atoms with Gasteiger partial charge in [0, 0.05) is 24.1 Å². The van der Waals surface area contributed by atoms with E-state index in [2.05, 4.69) is 26.2 Å². The summed E-state index contributed by atoms with van der Waals surface area (Å²) in [6.07, 6.45) is 4.03. The molecule has 1 aliphatic rings. The summed E-state index contributed by atoms with van der Waals surface area (Å²) in [7, 11) is 0. The quantitative estimate of drug-likeness (QED) is 0.845. The number of carbonyl (C=O) groups is 2. The molecule has 1 aliphatic heterocycles. The van der Waals surface area contributed by atoms with Crippen LogP contribution in [-0.4, -0.2) is 45.5 Å². The average Bonchev–Trinajstić information content (AvgIpc) is 2.38. The maximum absolute atomic E-state index is 12.2. The van der Waals surface area contributed by atoms with Crippen LogP contribution in [0, 0.1) is 0 Å². The van der Waals surface area contributed by atoms with Crippen LogP contribution in [0.25, 0.3) is 0 Å². The molecule has 1 aromatic heterocycles. The number of nitrogens with zero attached hydrogens (tertiary/aromatic N) is 2. The summed E-state index contributed by atoms with van der Waals surface area (Å²) < 4.78 is 0.733. The predicted octanol–water partition coefficient (Wildman–Crippen LogP) is 1.16. The lowest BCUT2D eigenvalue weighted by atomic mass is 9.91. The van der Waals surface area contributed by atoms with Crippen LogP contribution in [-0.2, 0) is 9.59 Å². The summed E-state index contributed by atoms with van der Waals surface area (Å²) in [4.78, 5) is 29.0. The van der Waals surface area contributed by atoms with E-state index in [1.54, 1.807) is 12.3 Å². The predicted molar refractivity (Wildman–Crippen MR) is 77.0 cm³/mol. The summed E-state index contributed by atoms with van der Waals surface area (Å²) in [5.41, 5.74) is -1.05. The van der Waals surface area contributed by atoms with Gasteiger partial charge in [0.25, 0.3) is 5.91 Å². The van der Waals surface area contributed by atoms with Crippen molar-refractivity contribution < 1.29 is 14.7 Å². The second-order valence-electron chi connectivity index (χ2n) is 4.92. The number of halogens is 1. The number of piperidine rings is 1. The van der Waals surface area contributed by atoms with Gasteiger partial charge >= 0.3 is 0 Å². The third-order valence-corrected chi connectivity index (χ3v) is 3.74. The van der Waals surface area contributed by atoms with Gasteiger partial charge in [0.15, 0.2) is 5.60 Å². The first-order valence-corrected chi connectivity index (χ1v) is 7.10. The number of aliphatic hydroxyl groups is 1. The topological polar surface area (TPSA) is 82.5 Å². The van der Waals surface area contributed by atoms with Crippen molar-refractivity contribution in [2.45, 2.75) is 25.4 Å². The zero-order chi connectivity index (χ0) is 14.8. The maximum Gasteiger partial charge on any atom is 0.258 e. The summed E-state index contributed by atoms with van der Waals surface area (Å²) in [6.45, 7) is 2.03. The van der Waals surface area contributed by atoms with Crippen LogP contribution in [0.15, 0.2) is 22.9 Å². The standard InChI is InChI=1S/C13H16BrN3O3/c1-9(18)17-4-2-3-13(20,8-17)12(19)16-11-5-10(14)6-15-7-11/h5-7,20H,2-4,8H2,1H3,(H,16,19). The highest BCUT2D eigenvalue weighted by atomic mass is 79.9. The highest BCUT2D eigenvalue weighted by Crippen LogP contribution is 2.23. The third kappa shape index (κ3) is 3.34. The number of carbonyl (C=O) groups excluding carboxylic acids is 2. The molecular formula is C13H16BrN3O3. The minimum atomic E-state index is -1.55. The maximum atomic E-state index is 12.2. The lowest BCUT2D eigenvalue weighted by Gasteiger charge is -2.37. The zero-order valence-corrected chi connectivity index (χ0v) is 12.7. The van der Waals surface area contributed by atoms with E-state index in [1.807, 2.05) is 0 Å². The van der Waals surface area contributed by atoms with Crippen LogP contribution in [0.4, 0.5) is 5.69 Å². The summed E-state index contributed by atoms with van der Waals surface area (Å²) >= 11 is 3.26. The molecule has 2 heterocycles. The zero-order valence-electron chi connectivity index (χ0n) is 11.1. The van der Waals surface area contributed by atoms with Crippen LogP contribution >= 0.6 is 15.9 Å². The number of hydrogen-bond acceptors (Lipinski definition) is 4. The van der Waals surface area contributed by atoms with Crippen LogP contribution in [0.1, 0.15) is 19.8 Å². The van der Waals surface area contributed by atoms with Crippen molar-refractivity contribution in [1.29, 1.82) is 0 Å². The lowest BCUT2D eigenvalue weighted by Crippen LogP contribution is -2.56. The number of rotatable bonds is 2. The Morgan fingerprint density at radius 1 is 1.50 bits per heavy atom. The Labute approximate surface area is 125 Å². The van der Waals surface area contributed by atoms with Gasteiger partial charge in [-0.15, -0.1) is 0 Å². The largest absolute Gasteiger partial charge is 0.378 e. The fraction of sp³-hybridized carbons (Fsp3) is 0.462. The summed E-state index contributed by atoms with van der Waals surface area (Å²) in [5.74, 6) is -0.650. The van der Waals surface area contributed by atoms with Gasteiger partial charge in [-0.2, -0.15) is 0 Å². The molecule has 0 radical (unpaired) electrons. The number of amides is 2. The highest BCUT2D eigenvalue weighted by molar-refractivity contribution is 9.10. The average molecular weight is 342 g/mol. The third-order valence-electron chi connectivity index (χ3n) is 3.30. The number of hydrogen-bond donors (Lipinski definition) is 2. The molecule has 1 atom stereocenters. The summed E-state index contributed by atoms with van der Waals surface area (Å²) in [6, 6.07) is 1.69. The fourth-order valence-corrected chi connectivity index (χ4v) is 2.58. The molecule has 1 aromatic rings. The van der Waals surface area contributed by atoms with E-state index >= 15 is 0 Å². The first kappa shape index (κ1) is 14.9. The number of anilines is 1. The van der Waals surface area contributed by atoms with Gasteiger partial charge < -0.3 is 15.3 Å². The lowest BCUT2D eigenvalue weighted by molar-refractivity contribution is -0.146. The van der Waals surface area contributed by atoms with E-state index in [0.29, 0.717) is 25.1 Å². The first-order chi connectivity index (χ1) is 9.40. The molecule has 2 amide bonds. The van der Waals surface area contributed by atoms with E-state index < -0.39 is 11.5 Å². The normalized spacial score (nSPS) is 22.4. The Kier molecular flexibility index (Phi) is 4.39. The SMILES string of the molecule is CC(=O)N1CCCC(O)(C(=O)Nc2cncc(Br)c2)C1. The van der Waals surface area contributed by atoms with Gasteiger partial charge in [-0.3, -0.25) is 14.6 Å². The molecule has 0 aliphatic carbocycles. The second-order valence-corrected chi connectivity index (χ2v) is 5.84. The smallest absolute Gasteiger partial charge is 0.258 e. The van der Waals surface area contributed by atoms with E-state index in [9.17, 15) is 14.7 Å². The fourth-order valence-electron chi connectivity index (χ4n) is 2.22. The number of pyridine rings is 1. The molecule has 7 heteroatoms. The number of aromatic nitrogens is 1. The monoisotopic (exact) mass is 341 g/mol. The van der Waals surface area contributed by atoms with E-state index in [0.717, 1.165) is 4.47 Å². The van der Waals surface area contributed by atoms with Crippen molar-refractivity contribution in [2.24, 2.45) is 0 Å². The molecule has 1 unspecified atom stereocenters. The molecule has 0 spiro atoms. The number of likely N-dealkylation sites (tertiary alicyclic amines) is 1. The van der Waals surface area contributed by atoms with Gasteiger partial charge in [-0.1, -0.05) is 0 Å². The molecule has 2 rings (SSSR count). The molecule has 20 heavy (non-hydrogen) atoms. The van der Waals surface area contributed by atoms with Crippen LogP contribution < -0.4 is 5.32 Å². The minimum absolute atomic E-state index is 0.0234. The Hall–Kier alpha value is -1.47. The molecule has 0 bridgehead atoms. The molecule has 1 saturated heterocycles. The Morgan fingerprint density at radius 3 is 2.90 bits per heavy atom. The van der Waals surface area contributed by atoms with Gasteiger partial charge in [0.2, 0.25) is 5.91 Å². The summed E-state index contributed by atoms with van der Waals surface area (Å²) in [5, 5.41) is 13.1.